The predicted molar refractivity (Wildman–Crippen MR) is 109 cm³/mol. The van der Waals surface area contributed by atoms with Crippen molar-refractivity contribution in [3.05, 3.63) is 0 Å². The first-order valence-electron chi connectivity index (χ1n) is 11.2. The summed E-state index contributed by atoms with van der Waals surface area (Å²) in [6.07, 6.45) is 23.3. The van der Waals surface area contributed by atoms with Gasteiger partial charge in [-0.1, -0.05) is 84.0 Å². The Kier molecular flexibility index (Phi) is 13.9. The van der Waals surface area contributed by atoms with Gasteiger partial charge >= 0.3 is 0 Å². The molecule has 1 fully saturated rings. The third-order valence-electron chi connectivity index (χ3n) is 5.77. The van der Waals surface area contributed by atoms with Gasteiger partial charge in [-0.05, 0) is 39.0 Å². The number of nitrogens with two attached hydrogens (primary N) is 1. The fraction of sp³-hybridized carbons (Fsp3) is 1.00. The van der Waals surface area contributed by atoms with Crippen molar-refractivity contribution >= 4 is 0 Å². The molecule has 0 aliphatic heterocycles. The van der Waals surface area contributed by atoms with Crippen LogP contribution in [-0.2, 0) is 0 Å². The lowest BCUT2D eigenvalue weighted by Gasteiger charge is -2.24. The van der Waals surface area contributed by atoms with Crippen LogP contribution in [0.15, 0.2) is 0 Å². The van der Waals surface area contributed by atoms with Gasteiger partial charge in [0.1, 0.15) is 0 Å². The number of rotatable bonds is 10. The van der Waals surface area contributed by atoms with E-state index < -0.39 is 0 Å². The molecule has 2 unspecified atom stereocenters. The Hall–Kier alpha value is -0.0800. The SMILES string of the molecule is CCCCC(N)CCCCC(C)NC1CCCCCCCCCC1. The van der Waals surface area contributed by atoms with Crippen LogP contribution in [-0.4, -0.2) is 18.1 Å². The molecule has 0 saturated heterocycles. The van der Waals surface area contributed by atoms with Crippen LogP contribution in [0.2, 0.25) is 0 Å². The molecule has 3 N–H and O–H groups in total. The van der Waals surface area contributed by atoms with E-state index in [-0.39, 0.29) is 0 Å². The minimum atomic E-state index is 0.440. The fourth-order valence-corrected chi connectivity index (χ4v) is 4.11. The van der Waals surface area contributed by atoms with Gasteiger partial charge < -0.3 is 11.1 Å². The summed E-state index contributed by atoms with van der Waals surface area (Å²) in [5.41, 5.74) is 6.18. The Morgan fingerprint density at radius 3 is 1.88 bits per heavy atom. The lowest BCUT2D eigenvalue weighted by atomic mass is 9.99. The molecule has 1 saturated carbocycles. The number of hydrogen-bond donors (Lipinski definition) is 2. The summed E-state index contributed by atoms with van der Waals surface area (Å²) in [5, 5.41) is 3.95. The van der Waals surface area contributed by atoms with Crippen molar-refractivity contribution < 1.29 is 0 Å². The zero-order valence-electron chi connectivity index (χ0n) is 16.8. The number of hydrogen-bond acceptors (Lipinski definition) is 2. The molecule has 2 nitrogen and oxygen atoms in total. The summed E-state index contributed by atoms with van der Waals surface area (Å²) in [7, 11) is 0. The summed E-state index contributed by atoms with van der Waals surface area (Å²) in [5.74, 6) is 0. The Morgan fingerprint density at radius 1 is 0.792 bits per heavy atom. The molecular weight excluding hydrogens is 292 g/mol. The van der Waals surface area contributed by atoms with Crippen LogP contribution >= 0.6 is 0 Å². The maximum absolute atomic E-state index is 6.18. The molecule has 0 bridgehead atoms. The Labute approximate surface area is 152 Å². The molecule has 0 heterocycles. The first kappa shape index (κ1) is 22.0. The highest BCUT2D eigenvalue weighted by molar-refractivity contribution is 4.73. The van der Waals surface area contributed by atoms with Crippen LogP contribution < -0.4 is 11.1 Å². The van der Waals surface area contributed by atoms with Crippen molar-refractivity contribution in [1.82, 2.24) is 5.32 Å². The monoisotopic (exact) mass is 338 g/mol. The van der Waals surface area contributed by atoms with Gasteiger partial charge in [-0.2, -0.15) is 0 Å². The van der Waals surface area contributed by atoms with Gasteiger partial charge in [0.05, 0.1) is 0 Å². The van der Waals surface area contributed by atoms with Gasteiger partial charge in [-0.25, -0.2) is 0 Å². The Bertz CT molecular complexity index is 255. The molecule has 1 rings (SSSR count). The van der Waals surface area contributed by atoms with Crippen LogP contribution in [0.4, 0.5) is 0 Å². The molecule has 2 atom stereocenters. The highest BCUT2D eigenvalue weighted by Gasteiger charge is 2.12. The second-order valence-corrected chi connectivity index (χ2v) is 8.36. The van der Waals surface area contributed by atoms with Crippen LogP contribution in [0.25, 0.3) is 0 Å². The van der Waals surface area contributed by atoms with E-state index >= 15 is 0 Å². The van der Waals surface area contributed by atoms with Gasteiger partial charge in [-0.15, -0.1) is 0 Å². The second kappa shape index (κ2) is 15.2. The van der Waals surface area contributed by atoms with Crippen LogP contribution in [0.3, 0.4) is 0 Å². The highest BCUT2D eigenvalue weighted by Crippen LogP contribution is 2.18. The van der Waals surface area contributed by atoms with Crippen LogP contribution in [0.5, 0.6) is 0 Å². The summed E-state index contributed by atoms with van der Waals surface area (Å²) in [6, 6.07) is 1.88. The molecule has 144 valence electrons. The fourth-order valence-electron chi connectivity index (χ4n) is 4.11. The smallest absolute Gasteiger partial charge is 0.00695 e. The molecular formula is C22H46N2. The first-order valence-corrected chi connectivity index (χ1v) is 11.2. The van der Waals surface area contributed by atoms with Crippen LogP contribution in [0, 0.1) is 0 Å². The molecule has 0 aromatic heterocycles. The quantitative estimate of drug-likeness (QED) is 0.457. The second-order valence-electron chi connectivity index (χ2n) is 8.36. The van der Waals surface area contributed by atoms with E-state index in [1.807, 2.05) is 0 Å². The largest absolute Gasteiger partial charge is 0.328 e. The average Bonchev–Trinajstić information content (AvgIpc) is 2.63. The van der Waals surface area contributed by atoms with Crippen LogP contribution in [0.1, 0.15) is 123 Å². The van der Waals surface area contributed by atoms with Crippen molar-refractivity contribution in [1.29, 1.82) is 0 Å². The molecule has 0 amide bonds. The van der Waals surface area contributed by atoms with E-state index in [1.54, 1.807) is 0 Å². The third-order valence-corrected chi connectivity index (χ3v) is 5.77. The predicted octanol–water partition coefficient (Wildman–Crippen LogP) is 6.33. The molecule has 2 heteroatoms. The topological polar surface area (TPSA) is 38.0 Å². The summed E-state index contributed by atoms with van der Waals surface area (Å²) >= 11 is 0. The minimum Gasteiger partial charge on any atom is -0.328 e. The van der Waals surface area contributed by atoms with E-state index in [2.05, 4.69) is 19.2 Å². The van der Waals surface area contributed by atoms with E-state index in [4.69, 9.17) is 5.73 Å². The summed E-state index contributed by atoms with van der Waals surface area (Å²) in [4.78, 5) is 0. The van der Waals surface area contributed by atoms with E-state index in [1.165, 1.54) is 109 Å². The lowest BCUT2D eigenvalue weighted by molar-refractivity contribution is 0.363. The maximum atomic E-state index is 6.18. The molecule has 1 aliphatic rings. The molecule has 0 spiro atoms. The number of nitrogens with one attached hydrogen (secondary N) is 1. The average molecular weight is 339 g/mol. The number of unbranched alkanes of at least 4 members (excludes halogenated alkanes) is 2. The zero-order chi connectivity index (χ0) is 17.5. The van der Waals surface area contributed by atoms with Crippen molar-refractivity contribution in [2.45, 2.75) is 141 Å². The normalized spacial score (nSPS) is 21.1. The summed E-state index contributed by atoms with van der Waals surface area (Å²) < 4.78 is 0. The Morgan fingerprint density at radius 2 is 1.29 bits per heavy atom. The van der Waals surface area contributed by atoms with Crippen molar-refractivity contribution in [2.75, 3.05) is 0 Å². The van der Waals surface area contributed by atoms with E-state index in [0.29, 0.717) is 12.1 Å². The minimum absolute atomic E-state index is 0.440. The van der Waals surface area contributed by atoms with Crippen molar-refractivity contribution in [3.8, 4) is 0 Å². The highest BCUT2D eigenvalue weighted by atomic mass is 14.9. The molecule has 0 aromatic rings. The molecule has 24 heavy (non-hydrogen) atoms. The zero-order valence-corrected chi connectivity index (χ0v) is 16.8. The maximum Gasteiger partial charge on any atom is 0.00695 e. The third kappa shape index (κ3) is 12.3. The van der Waals surface area contributed by atoms with Gasteiger partial charge in [0.25, 0.3) is 0 Å². The van der Waals surface area contributed by atoms with Crippen molar-refractivity contribution in [2.24, 2.45) is 5.73 Å². The standard InChI is InChI=1S/C22H46N2/c1-3-4-16-21(23)17-14-13-15-20(2)24-22-18-11-9-7-5-6-8-10-12-19-22/h20-22,24H,3-19,23H2,1-2H3. The molecule has 0 aromatic carbocycles. The van der Waals surface area contributed by atoms with E-state index in [0.717, 1.165) is 6.04 Å². The molecule has 1 aliphatic carbocycles. The van der Waals surface area contributed by atoms with Gasteiger partial charge in [0.2, 0.25) is 0 Å². The lowest BCUT2D eigenvalue weighted by Crippen LogP contribution is -2.36. The van der Waals surface area contributed by atoms with Gasteiger partial charge in [0.15, 0.2) is 0 Å². The van der Waals surface area contributed by atoms with Gasteiger partial charge in [0, 0.05) is 18.1 Å². The Balaban J connectivity index is 2.13. The molecule has 0 radical (unpaired) electrons. The first-order chi connectivity index (χ1) is 11.7. The van der Waals surface area contributed by atoms with Gasteiger partial charge in [-0.3, -0.25) is 0 Å². The summed E-state index contributed by atoms with van der Waals surface area (Å²) in [6.45, 7) is 4.64. The van der Waals surface area contributed by atoms with E-state index in [9.17, 15) is 0 Å². The van der Waals surface area contributed by atoms with Crippen molar-refractivity contribution in [3.63, 3.8) is 0 Å².